The van der Waals surface area contributed by atoms with Crippen LogP contribution in [0.4, 0.5) is 10.5 Å². The molecule has 2 heterocycles. The van der Waals surface area contributed by atoms with Gasteiger partial charge in [0, 0.05) is 31.2 Å². The van der Waals surface area contributed by atoms with Crippen LogP contribution in [0.3, 0.4) is 0 Å². The molecule has 3 amide bonds. The van der Waals surface area contributed by atoms with Crippen molar-refractivity contribution in [1.29, 1.82) is 0 Å². The number of aliphatic carboxylic acids is 1. The van der Waals surface area contributed by atoms with Gasteiger partial charge in [0.15, 0.2) is 0 Å². The van der Waals surface area contributed by atoms with E-state index in [0.717, 1.165) is 57.3 Å². The first-order chi connectivity index (χ1) is 14.4. The van der Waals surface area contributed by atoms with Gasteiger partial charge >= 0.3 is 12.0 Å². The number of carbonyl (C=O) groups is 3. The molecule has 0 spiro atoms. The molecule has 0 unspecified atom stereocenters. The first-order valence-electron chi connectivity index (χ1n) is 11.1. The van der Waals surface area contributed by atoms with Crippen LogP contribution in [-0.4, -0.2) is 65.5 Å². The standard InChI is InChI=1S/C23H31N3O4/c1-24-12-10-17-5-8-20(14-18(17)11-13-24)25-15-21(27)26(23(25)30)19-6-2-16(3-7-19)4-9-22(28)29/h5,8,14,16,19H,2-4,6-7,9-13,15H2,1H3,(H,28,29). The van der Waals surface area contributed by atoms with Gasteiger partial charge in [-0.05, 0) is 81.2 Å². The first kappa shape index (κ1) is 20.8. The number of carboxylic acids is 1. The third-order valence-corrected chi connectivity index (χ3v) is 6.97. The van der Waals surface area contributed by atoms with Crippen molar-refractivity contribution in [3.05, 3.63) is 29.3 Å². The summed E-state index contributed by atoms with van der Waals surface area (Å²) in [6, 6.07) is 5.90. The number of hydrogen-bond acceptors (Lipinski definition) is 4. The SMILES string of the molecule is CN1CCc2ccc(N3CC(=O)N(C4CCC(CCC(=O)O)CC4)C3=O)cc2CC1. The van der Waals surface area contributed by atoms with Crippen molar-refractivity contribution in [3.63, 3.8) is 0 Å². The predicted octanol–water partition coefficient (Wildman–Crippen LogP) is 2.91. The van der Waals surface area contributed by atoms with E-state index in [-0.39, 0.29) is 30.9 Å². The van der Waals surface area contributed by atoms with Crippen LogP contribution in [0, 0.1) is 5.92 Å². The van der Waals surface area contributed by atoms with E-state index in [9.17, 15) is 14.4 Å². The number of hydrogen-bond donors (Lipinski definition) is 1. The Morgan fingerprint density at radius 1 is 1.07 bits per heavy atom. The van der Waals surface area contributed by atoms with Gasteiger partial charge in [-0.1, -0.05) is 6.07 Å². The molecule has 1 saturated heterocycles. The Kier molecular flexibility index (Phi) is 6.09. The summed E-state index contributed by atoms with van der Waals surface area (Å²) in [5, 5.41) is 8.87. The van der Waals surface area contributed by atoms with E-state index in [2.05, 4.69) is 24.1 Å². The highest BCUT2D eigenvalue weighted by molar-refractivity contribution is 6.12. The van der Waals surface area contributed by atoms with E-state index in [1.807, 2.05) is 6.07 Å². The highest BCUT2D eigenvalue weighted by Gasteiger charge is 2.42. The molecular weight excluding hydrogens is 382 g/mol. The van der Waals surface area contributed by atoms with Crippen LogP contribution in [-0.2, 0) is 22.4 Å². The zero-order valence-electron chi connectivity index (χ0n) is 17.7. The maximum atomic E-state index is 13.1. The van der Waals surface area contributed by atoms with Gasteiger partial charge in [-0.25, -0.2) is 4.79 Å². The van der Waals surface area contributed by atoms with Gasteiger partial charge < -0.3 is 10.0 Å². The van der Waals surface area contributed by atoms with Gasteiger partial charge in [0.1, 0.15) is 6.54 Å². The topological polar surface area (TPSA) is 81.2 Å². The van der Waals surface area contributed by atoms with Crippen molar-refractivity contribution in [3.8, 4) is 0 Å². The smallest absolute Gasteiger partial charge is 0.331 e. The fraction of sp³-hybridized carbons (Fsp3) is 0.609. The van der Waals surface area contributed by atoms with Gasteiger partial charge in [-0.3, -0.25) is 19.4 Å². The van der Waals surface area contributed by atoms with Crippen molar-refractivity contribution < 1.29 is 19.5 Å². The molecule has 1 N–H and O–H groups in total. The Morgan fingerprint density at radius 3 is 2.47 bits per heavy atom. The van der Waals surface area contributed by atoms with E-state index in [0.29, 0.717) is 12.3 Å². The lowest BCUT2D eigenvalue weighted by atomic mass is 9.83. The minimum atomic E-state index is -0.759. The summed E-state index contributed by atoms with van der Waals surface area (Å²) in [7, 11) is 2.13. The molecular formula is C23H31N3O4. The number of likely N-dealkylation sites (N-methyl/N-ethyl adjacent to an activating group) is 1. The number of amides is 3. The minimum Gasteiger partial charge on any atom is -0.481 e. The highest BCUT2D eigenvalue weighted by atomic mass is 16.4. The quantitative estimate of drug-likeness (QED) is 0.751. The zero-order valence-corrected chi connectivity index (χ0v) is 17.7. The number of rotatable bonds is 5. The number of anilines is 1. The summed E-state index contributed by atoms with van der Waals surface area (Å²) in [5.74, 6) is -0.502. The number of fused-ring (bicyclic) bond motifs is 1. The lowest BCUT2D eigenvalue weighted by molar-refractivity contribution is -0.137. The van der Waals surface area contributed by atoms with Crippen molar-refractivity contribution in [2.24, 2.45) is 5.92 Å². The normalized spacial score (nSPS) is 25.4. The van der Waals surface area contributed by atoms with Gasteiger partial charge in [0.05, 0.1) is 0 Å². The van der Waals surface area contributed by atoms with Crippen molar-refractivity contribution in [2.45, 2.75) is 57.4 Å². The van der Waals surface area contributed by atoms with Crippen LogP contribution in [0.25, 0.3) is 0 Å². The third-order valence-electron chi connectivity index (χ3n) is 6.97. The third kappa shape index (κ3) is 4.36. The van der Waals surface area contributed by atoms with Crippen LogP contribution in [0.1, 0.15) is 49.7 Å². The van der Waals surface area contributed by atoms with Gasteiger partial charge in [-0.2, -0.15) is 0 Å². The zero-order chi connectivity index (χ0) is 21.3. The average molecular weight is 414 g/mol. The second-order valence-electron chi connectivity index (χ2n) is 9.00. The molecule has 0 atom stereocenters. The number of carbonyl (C=O) groups excluding carboxylic acids is 2. The summed E-state index contributed by atoms with van der Waals surface area (Å²) >= 11 is 0. The fourth-order valence-corrected chi connectivity index (χ4v) is 5.09. The Hall–Kier alpha value is -2.41. The van der Waals surface area contributed by atoms with Crippen molar-refractivity contribution in [2.75, 3.05) is 31.6 Å². The lowest BCUT2D eigenvalue weighted by Crippen LogP contribution is -2.43. The summed E-state index contributed by atoms with van der Waals surface area (Å²) in [5.41, 5.74) is 3.42. The van der Waals surface area contributed by atoms with Crippen LogP contribution in [0.5, 0.6) is 0 Å². The first-order valence-corrected chi connectivity index (χ1v) is 11.1. The van der Waals surface area contributed by atoms with E-state index in [1.54, 1.807) is 4.90 Å². The molecule has 162 valence electrons. The Morgan fingerprint density at radius 2 is 1.77 bits per heavy atom. The minimum absolute atomic E-state index is 0.0643. The van der Waals surface area contributed by atoms with Crippen molar-refractivity contribution in [1.82, 2.24) is 9.80 Å². The molecule has 7 heteroatoms. The molecule has 2 fully saturated rings. The molecule has 7 nitrogen and oxygen atoms in total. The number of benzene rings is 1. The summed E-state index contributed by atoms with van der Waals surface area (Å²) in [6.07, 6.45) is 6.14. The molecule has 2 aliphatic heterocycles. The molecule has 0 bridgehead atoms. The largest absolute Gasteiger partial charge is 0.481 e. The molecule has 1 aliphatic carbocycles. The molecule has 1 saturated carbocycles. The highest BCUT2D eigenvalue weighted by Crippen LogP contribution is 2.34. The van der Waals surface area contributed by atoms with E-state index >= 15 is 0 Å². The van der Waals surface area contributed by atoms with Crippen LogP contribution >= 0.6 is 0 Å². The Labute approximate surface area is 177 Å². The average Bonchev–Trinajstić information content (AvgIpc) is 2.90. The van der Waals surface area contributed by atoms with E-state index < -0.39 is 5.97 Å². The number of carboxylic acid groups (broad SMARTS) is 1. The number of nitrogens with zero attached hydrogens (tertiary/aromatic N) is 3. The maximum Gasteiger partial charge on any atom is 0.331 e. The molecule has 0 radical (unpaired) electrons. The van der Waals surface area contributed by atoms with E-state index in [1.165, 1.54) is 16.0 Å². The monoisotopic (exact) mass is 413 g/mol. The molecule has 3 aliphatic rings. The number of imide groups is 1. The summed E-state index contributed by atoms with van der Waals surface area (Å²) in [6.45, 7) is 2.15. The molecule has 0 aromatic heterocycles. The van der Waals surface area contributed by atoms with Crippen molar-refractivity contribution >= 4 is 23.6 Å². The Bertz CT molecular complexity index is 832. The second kappa shape index (κ2) is 8.76. The van der Waals surface area contributed by atoms with Gasteiger partial charge in [0.25, 0.3) is 5.91 Å². The Balaban J connectivity index is 1.42. The molecule has 1 aromatic carbocycles. The fourth-order valence-electron chi connectivity index (χ4n) is 5.09. The van der Waals surface area contributed by atoms with Gasteiger partial charge in [0.2, 0.25) is 0 Å². The van der Waals surface area contributed by atoms with Crippen LogP contribution in [0.15, 0.2) is 18.2 Å². The summed E-state index contributed by atoms with van der Waals surface area (Å²) in [4.78, 5) is 42.1. The van der Waals surface area contributed by atoms with Gasteiger partial charge in [-0.15, -0.1) is 0 Å². The molecule has 1 aromatic rings. The second-order valence-corrected chi connectivity index (χ2v) is 9.00. The van der Waals surface area contributed by atoms with Crippen LogP contribution in [0.2, 0.25) is 0 Å². The molecule has 30 heavy (non-hydrogen) atoms. The maximum absolute atomic E-state index is 13.1. The summed E-state index contributed by atoms with van der Waals surface area (Å²) < 4.78 is 0. The predicted molar refractivity (Wildman–Crippen MR) is 114 cm³/mol. The van der Waals surface area contributed by atoms with Crippen LogP contribution < -0.4 is 4.90 Å². The van der Waals surface area contributed by atoms with E-state index in [4.69, 9.17) is 5.11 Å². The molecule has 4 rings (SSSR count). The number of urea groups is 1. The lowest BCUT2D eigenvalue weighted by Gasteiger charge is -2.33.